The molecule has 0 aromatic carbocycles. The molecule has 0 radical (unpaired) electrons. The normalized spacial score (nSPS) is 11.5. The molecule has 0 bridgehead atoms. The Balaban J connectivity index is 4.76. The van der Waals surface area contributed by atoms with Gasteiger partial charge in [0.15, 0.2) is 0 Å². The van der Waals surface area contributed by atoms with Crippen LogP contribution in [0.15, 0.2) is 10.2 Å². The minimum atomic E-state index is -2.36. The maximum atomic E-state index is 11.2. The van der Waals surface area contributed by atoms with Gasteiger partial charge in [-0.1, -0.05) is 0 Å². The fraction of sp³-hybridized carbons (Fsp3) is 0.800. The van der Waals surface area contributed by atoms with Gasteiger partial charge in [-0.2, -0.15) is 0 Å². The summed E-state index contributed by atoms with van der Waals surface area (Å²) >= 11 is -2.36. The second-order valence-electron chi connectivity index (χ2n) is 5.23. The van der Waals surface area contributed by atoms with Crippen molar-refractivity contribution in [3.8, 4) is 0 Å². The third kappa shape index (κ3) is 6.08. The Hall–Kier alpha value is 0.209. The summed E-state index contributed by atoms with van der Waals surface area (Å²) in [7, 11) is 0. The van der Waals surface area contributed by atoms with E-state index in [-0.39, 0.29) is 0 Å². The van der Waals surface area contributed by atoms with Crippen molar-refractivity contribution in [3.63, 3.8) is 0 Å². The first-order chi connectivity index (χ1) is 8.16. The molecule has 0 heterocycles. The average molecular weight is 345 g/mol. The Morgan fingerprint density at radius 1 is 0.941 bits per heavy atom. The van der Waals surface area contributed by atoms with E-state index in [0.29, 0.717) is 0 Å². The van der Waals surface area contributed by atoms with E-state index in [1.165, 1.54) is 51.8 Å². The molecule has 0 aliphatic carbocycles. The van der Waals surface area contributed by atoms with Crippen LogP contribution in [0.5, 0.6) is 0 Å². The SMILES string of the molecule is C=[C](C=O)[Sn]([CH2]CCC)([CH2]CCC)[CH2]CCC. The van der Waals surface area contributed by atoms with Crippen LogP contribution in [-0.4, -0.2) is 24.7 Å². The summed E-state index contributed by atoms with van der Waals surface area (Å²) in [6.45, 7) is 10.9. The van der Waals surface area contributed by atoms with Gasteiger partial charge in [-0.3, -0.25) is 0 Å². The fourth-order valence-electron chi connectivity index (χ4n) is 2.53. The van der Waals surface area contributed by atoms with Gasteiger partial charge in [-0.15, -0.1) is 0 Å². The average Bonchev–Trinajstić information content (AvgIpc) is 2.37. The van der Waals surface area contributed by atoms with Crippen molar-refractivity contribution in [2.75, 3.05) is 0 Å². The molecule has 100 valence electrons. The van der Waals surface area contributed by atoms with E-state index in [1.54, 1.807) is 0 Å². The summed E-state index contributed by atoms with van der Waals surface area (Å²) in [6, 6.07) is 0. The van der Waals surface area contributed by atoms with Gasteiger partial charge in [-0.05, 0) is 0 Å². The molecule has 0 atom stereocenters. The Kier molecular flexibility index (Phi) is 10.3. The number of rotatable bonds is 11. The molecule has 0 saturated heterocycles. The van der Waals surface area contributed by atoms with E-state index in [4.69, 9.17) is 0 Å². The Morgan fingerprint density at radius 3 is 1.53 bits per heavy atom. The summed E-state index contributed by atoms with van der Waals surface area (Å²) in [5, 5.41) is 0. The van der Waals surface area contributed by atoms with E-state index < -0.39 is 18.4 Å². The Morgan fingerprint density at radius 2 is 1.29 bits per heavy atom. The van der Waals surface area contributed by atoms with Gasteiger partial charge < -0.3 is 0 Å². The standard InChI is InChI=1S/3C4H9.C3H3O.Sn/c3*1-3-4-2;1-2-3-4;/h3*1,3-4H2,2H3;3H,1H2;. The van der Waals surface area contributed by atoms with E-state index in [0.717, 1.165) is 9.88 Å². The fourth-order valence-corrected chi connectivity index (χ4v) is 17.0. The molecular formula is C15H30OSn. The number of carbonyl (C=O) groups is 1. The van der Waals surface area contributed by atoms with Crippen LogP contribution in [0.1, 0.15) is 59.3 Å². The molecule has 0 unspecified atom stereocenters. The van der Waals surface area contributed by atoms with E-state index in [2.05, 4.69) is 27.4 Å². The summed E-state index contributed by atoms with van der Waals surface area (Å²) < 4.78 is 5.10. The van der Waals surface area contributed by atoms with E-state index >= 15 is 0 Å². The first-order valence-corrected chi connectivity index (χ1v) is 14.8. The Labute approximate surface area is 112 Å². The van der Waals surface area contributed by atoms with Crippen LogP contribution in [0.4, 0.5) is 0 Å². The van der Waals surface area contributed by atoms with Gasteiger partial charge in [0.05, 0.1) is 0 Å². The van der Waals surface area contributed by atoms with Crippen molar-refractivity contribution in [3.05, 3.63) is 10.2 Å². The molecule has 0 fully saturated rings. The zero-order chi connectivity index (χ0) is 13.1. The molecular weight excluding hydrogens is 315 g/mol. The summed E-state index contributed by atoms with van der Waals surface area (Å²) in [6.07, 6.45) is 8.76. The predicted octanol–water partition coefficient (Wildman–Crippen LogP) is 5.13. The third-order valence-corrected chi connectivity index (χ3v) is 19.3. The van der Waals surface area contributed by atoms with Crippen LogP contribution in [-0.2, 0) is 4.79 Å². The molecule has 0 aromatic heterocycles. The third-order valence-electron chi connectivity index (χ3n) is 3.85. The van der Waals surface area contributed by atoms with Gasteiger partial charge in [0.25, 0.3) is 0 Å². The molecule has 0 N–H and O–H groups in total. The molecule has 17 heavy (non-hydrogen) atoms. The first-order valence-electron chi connectivity index (χ1n) is 7.31. The summed E-state index contributed by atoms with van der Waals surface area (Å²) in [5.74, 6) is 0. The van der Waals surface area contributed by atoms with Gasteiger partial charge >= 0.3 is 112 Å². The van der Waals surface area contributed by atoms with Gasteiger partial charge in [-0.25, -0.2) is 0 Å². The van der Waals surface area contributed by atoms with Gasteiger partial charge in [0.1, 0.15) is 0 Å². The number of aldehydes is 1. The number of carbonyl (C=O) groups excluding carboxylic acids is 1. The van der Waals surface area contributed by atoms with Crippen molar-refractivity contribution >= 4 is 24.7 Å². The number of allylic oxidation sites excluding steroid dienone is 1. The zero-order valence-corrected chi connectivity index (χ0v) is 14.9. The molecule has 0 aromatic rings. The quantitative estimate of drug-likeness (QED) is 0.288. The molecule has 0 saturated carbocycles. The van der Waals surface area contributed by atoms with Crippen molar-refractivity contribution < 1.29 is 4.79 Å². The molecule has 0 rings (SSSR count). The van der Waals surface area contributed by atoms with Crippen molar-refractivity contribution in [1.82, 2.24) is 0 Å². The second kappa shape index (κ2) is 10.2. The van der Waals surface area contributed by atoms with Crippen LogP contribution in [0.2, 0.25) is 13.3 Å². The molecule has 0 amide bonds. The van der Waals surface area contributed by atoms with Gasteiger partial charge in [0, 0.05) is 0 Å². The molecule has 0 aliphatic rings. The van der Waals surface area contributed by atoms with Crippen LogP contribution in [0, 0.1) is 0 Å². The Bertz CT molecular complexity index is 201. The monoisotopic (exact) mass is 346 g/mol. The van der Waals surface area contributed by atoms with Crippen LogP contribution < -0.4 is 0 Å². The van der Waals surface area contributed by atoms with Crippen molar-refractivity contribution in [2.45, 2.75) is 72.6 Å². The predicted molar refractivity (Wildman–Crippen MR) is 80.1 cm³/mol. The van der Waals surface area contributed by atoms with E-state index in [9.17, 15) is 4.79 Å². The number of hydrogen-bond donors (Lipinski definition) is 0. The van der Waals surface area contributed by atoms with E-state index in [1.807, 2.05) is 0 Å². The topological polar surface area (TPSA) is 17.1 Å². The van der Waals surface area contributed by atoms with Gasteiger partial charge in [0.2, 0.25) is 0 Å². The zero-order valence-electron chi connectivity index (χ0n) is 12.1. The molecule has 0 aliphatic heterocycles. The number of unbranched alkanes of at least 4 members (excludes halogenated alkanes) is 3. The van der Waals surface area contributed by atoms with Crippen LogP contribution in [0.25, 0.3) is 0 Å². The van der Waals surface area contributed by atoms with Crippen LogP contribution >= 0.6 is 0 Å². The molecule has 0 spiro atoms. The van der Waals surface area contributed by atoms with Crippen molar-refractivity contribution in [2.24, 2.45) is 0 Å². The van der Waals surface area contributed by atoms with Crippen molar-refractivity contribution in [1.29, 1.82) is 0 Å². The minimum absolute atomic E-state index is 1.05. The summed E-state index contributed by atoms with van der Waals surface area (Å²) in [5.41, 5.74) is 0. The second-order valence-corrected chi connectivity index (χ2v) is 18.7. The molecule has 1 nitrogen and oxygen atoms in total. The van der Waals surface area contributed by atoms with Crippen LogP contribution in [0.3, 0.4) is 0 Å². The summed E-state index contributed by atoms with van der Waals surface area (Å²) in [4.78, 5) is 11.2. The molecule has 2 heteroatoms. The number of hydrogen-bond acceptors (Lipinski definition) is 1. The maximum absolute atomic E-state index is 11.2. The first kappa shape index (κ1) is 17.2.